The maximum atomic E-state index is 12.4. The highest BCUT2D eigenvalue weighted by molar-refractivity contribution is 5.86. The summed E-state index contributed by atoms with van der Waals surface area (Å²) in [6.07, 6.45) is 2.18. The minimum Gasteiger partial charge on any atom is -0.480 e. The summed E-state index contributed by atoms with van der Waals surface area (Å²) in [7, 11) is 0. The number of nitrogens with zero attached hydrogens (tertiary/aromatic N) is 1. The monoisotopic (exact) mass is 261 g/mol. The van der Waals surface area contributed by atoms with Crippen molar-refractivity contribution in [1.82, 2.24) is 4.90 Å². The molecule has 4 nitrogen and oxygen atoms in total. The molecule has 1 aromatic carbocycles. The molecule has 0 aliphatic carbocycles. The van der Waals surface area contributed by atoms with Crippen molar-refractivity contribution in [2.24, 2.45) is 0 Å². The van der Waals surface area contributed by atoms with E-state index in [4.69, 9.17) is 5.11 Å². The Hall–Kier alpha value is -2.10. The van der Waals surface area contributed by atoms with Crippen LogP contribution in [0, 0.1) is 0 Å². The molecule has 0 bridgehead atoms. The average molecular weight is 261 g/mol. The summed E-state index contributed by atoms with van der Waals surface area (Å²) in [5.41, 5.74) is 0.912. The molecular weight excluding hydrogens is 242 g/mol. The fourth-order valence-corrected chi connectivity index (χ4v) is 2.01. The molecule has 0 saturated heterocycles. The predicted octanol–water partition coefficient (Wildman–Crippen LogP) is 2.28. The van der Waals surface area contributed by atoms with Crippen molar-refractivity contribution in [3.05, 3.63) is 48.6 Å². The molecule has 0 spiro atoms. The highest BCUT2D eigenvalue weighted by Crippen LogP contribution is 2.21. The van der Waals surface area contributed by atoms with Gasteiger partial charge in [0.05, 0.1) is 5.92 Å². The van der Waals surface area contributed by atoms with Crippen LogP contribution >= 0.6 is 0 Å². The lowest BCUT2D eigenvalue weighted by atomic mass is 9.95. The van der Waals surface area contributed by atoms with Crippen molar-refractivity contribution in [2.45, 2.75) is 19.3 Å². The first kappa shape index (κ1) is 15.0. The molecule has 0 radical (unpaired) electrons. The average Bonchev–Trinajstić information content (AvgIpc) is 2.39. The Bertz CT molecular complexity index is 442. The van der Waals surface area contributed by atoms with Crippen LogP contribution in [-0.2, 0) is 9.59 Å². The first-order valence-electron chi connectivity index (χ1n) is 6.26. The van der Waals surface area contributed by atoms with Crippen molar-refractivity contribution in [2.75, 3.05) is 13.1 Å². The van der Waals surface area contributed by atoms with Gasteiger partial charge in [0.1, 0.15) is 6.54 Å². The van der Waals surface area contributed by atoms with Crippen molar-refractivity contribution in [1.29, 1.82) is 0 Å². The second kappa shape index (κ2) is 7.36. The number of carbonyl (C=O) groups excluding carboxylic acids is 1. The third-order valence-electron chi connectivity index (χ3n) is 2.90. The molecule has 1 aromatic rings. The van der Waals surface area contributed by atoms with Crippen LogP contribution in [0.5, 0.6) is 0 Å². The van der Waals surface area contributed by atoms with Gasteiger partial charge in [-0.2, -0.15) is 0 Å². The van der Waals surface area contributed by atoms with E-state index < -0.39 is 5.97 Å². The Morgan fingerprint density at radius 3 is 2.47 bits per heavy atom. The summed E-state index contributed by atoms with van der Waals surface area (Å²) < 4.78 is 0. The van der Waals surface area contributed by atoms with E-state index in [1.54, 1.807) is 6.08 Å². The van der Waals surface area contributed by atoms with Gasteiger partial charge in [0.2, 0.25) is 5.91 Å². The molecule has 1 unspecified atom stereocenters. The van der Waals surface area contributed by atoms with E-state index >= 15 is 0 Å². The minimum absolute atomic E-state index is 0.170. The van der Waals surface area contributed by atoms with Gasteiger partial charge in [-0.05, 0) is 12.0 Å². The summed E-state index contributed by atoms with van der Waals surface area (Å²) in [6.45, 7) is 5.43. The summed E-state index contributed by atoms with van der Waals surface area (Å²) in [6, 6.07) is 9.41. The highest BCUT2D eigenvalue weighted by atomic mass is 16.4. The lowest BCUT2D eigenvalue weighted by Gasteiger charge is -2.24. The normalized spacial score (nSPS) is 11.6. The molecule has 1 rings (SSSR count). The molecule has 4 heteroatoms. The number of hydrogen-bond acceptors (Lipinski definition) is 2. The Morgan fingerprint density at radius 2 is 2.00 bits per heavy atom. The van der Waals surface area contributed by atoms with Crippen LogP contribution in [0.4, 0.5) is 0 Å². The van der Waals surface area contributed by atoms with Crippen LogP contribution in [0.1, 0.15) is 24.8 Å². The lowest BCUT2D eigenvalue weighted by molar-refractivity contribution is -0.144. The van der Waals surface area contributed by atoms with Crippen LogP contribution in [0.3, 0.4) is 0 Å². The van der Waals surface area contributed by atoms with Gasteiger partial charge in [0, 0.05) is 6.54 Å². The number of carboxylic acids is 1. The first-order valence-corrected chi connectivity index (χ1v) is 6.26. The molecular formula is C15H19NO3. The summed E-state index contributed by atoms with van der Waals surface area (Å²) in [5, 5.41) is 8.86. The van der Waals surface area contributed by atoms with E-state index in [9.17, 15) is 9.59 Å². The summed E-state index contributed by atoms with van der Waals surface area (Å²) in [4.78, 5) is 24.5. The van der Waals surface area contributed by atoms with E-state index in [1.807, 2.05) is 37.3 Å². The maximum absolute atomic E-state index is 12.4. The molecule has 0 aliphatic rings. The van der Waals surface area contributed by atoms with Gasteiger partial charge < -0.3 is 10.0 Å². The zero-order chi connectivity index (χ0) is 14.3. The van der Waals surface area contributed by atoms with E-state index in [0.717, 1.165) is 5.56 Å². The third kappa shape index (κ3) is 4.25. The van der Waals surface area contributed by atoms with Crippen molar-refractivity contribution in [3.63, 3.8) is 0 Å². The van der Waals surface area contributed by atoms with E-state index in [-0.39, 0.29) is 24.9 Å². The van der Waals surface area contributed by atoms with Gasteiger partial charge in [-0.1, -0.05) is 43.3 Å². The van der Waals surface area contributed by atoms with Gasteiger partial charge in [0.25, 0.3) is 0 Å². The zero-order valence-corrected chi connectivity index (χ0v) is 11.1. The van der Waals surface area contributed by atoms with Crippen molar-refractivity contribution in [3.8, 4) is 0 Å². The molecule has 0 heterocycles. The van der Waals surface area contributed by atoms with Gasteiger partial charge >= 0.3 is 5.97 Å². The molecule has 0 fully saturated rings. The second-order valence-electron chi connectivity index (χ2n) is 4.27. The summed E-state index contributed by atoms with van der Waals surface area (Å²) >= 11 is 0. The van der Waals surface area contributed by atoms with E-state index in [2.05, 4.69) is 6.58 Å². The standard InChI is InChI=1S/C15H19NO3/c1-3-10-16(11-14(17)18)15(19)13(4-2)12-8-6-5-7-9-12/h3,5-9,13H,1,4,10-11H2,2H3,(H,17,18). The van der Waals surface area contributed by atoms with Gasteiger partial charge in [-0.25, -0.2) is 0 Å². The molecule has 102 valence electrons. The minimum atomic E-state index is -1.02. The number of amides is 1. The third-order valence-corrected chi connectivity index (χ3v) is 2.90. The molecule has 1 N–H and O–H groups in total. The Kier molecular flexibility index (Phi) is 5.79. The highest BCUT2D eigenvalue weighted by Gasteiger charge is 2.24. The Morgan fingerprint density at radius 1 is 1.37 bits per heavy atom. The van der Waals surface area contributed by atoms with Gasteiger partial charge in [-0.3, -0.25) is 9.59 Å². The van der Waals surface area contributed by atoms with Gasteiger partial charge in [-0.15, -0.1) is 6.58 Å². The number of carbonyl (C=O) groups is 2. The first-order chi connectivity index (χ1) is 9.10. The quantitative estimate of drug-likeness (QED) is 0.766. The number of rotatable bonds is 7. The van der Waals surface area contributed by atoms with E-state index in [1.165, 1.54) is 4.90 Å². The van der Waals surface area contributed by atoms with Crippen LogP contribution in [0.15, 0.2) is 43.0 Å². The van der Waals surface area contributed by atoms with E-state index in [0.29, 0.717) is 6.42 Å². The van der Waals surface area contributed by atoms with Crippen LogP contribution < -0.4 is 0 Å². The van der Waals surface area contributed by atoms with Crippen LogP contribution in [-0.4, -0.2) is 35.0 Å². The molecule has 0 aliphatic heterocycles. The topological polar surface area (TPSA) is 57.6 Å². The van der Waals surface area contributed by atoms with Crippen molar-refractivity contribution >= 4 is 11.9 Å². The number of carboxylic acid groups (broad SMARTS) is 1. The lowest BCUT2D eigenvalue weighted by Crippen LogP contribution is -2.38. The number of aliphatic carboxylic acids is 1. The largest absolute Gasteiger partial charge is 0.480 e. The molecule has 1 atom stereocenters. The summed E-state index contributed by atoms with van der Waals surface area (Å²) in [5.74, 6) is -1.49. The van der Waals surface area contributed by atoms with Crippen molar-refractivity contribution < 1.29 is 14.7 Å². The Labute approximate surface area is 113 Å². The molecule has 0 aromatic heterocycles. The molecule has 19 heavy (non-hydrogen) atoms. The SMILES string of the molecule is C=CCN(CC(=O)O)C(=O)C(CC)c1ccccc1. The smallest absolute Gasteiger partial charge is 0.323 e. The van der Waals surface area contributed by atoms with Gasteiger partial charge in [0.15, 0.2) is 0 Å². The second-order valence-corrected chi connectivity index (χ2v) is 4.27. The Balaban J connectivity index is 2.92. The fraction of sp³-hybridized carbons (Fsp3) is 0.333. The fourth-order valence-electron chi connectivity index (χ4n) is 2.01. The maximum Gasteiger partial charge on any atom is 0.323 e. The number of hydrogen-bond donors (Lipinski definition) is 1. The van der Waals surface area contributed by atoms with Crippen LogP contribution in [0.2, 0.25) is 0 Å². The molecule has 1 amide bonds. The number of benzene rings is 1. The van der Waals surface area contributed by atoms with Crippen LogP contribution in [0.25, 0.3) is 0 Å². The molecule has 0 saturated carbocycles. The zero-order valence-electron chi connectivity index (χ0n) is 11.1. The predicted molar refractivity (Wildman–Crippen MR) is 73.9 cm³/mol.